The van der Waals surface area contributed by atoms with Crippen molar-refractivity contribution in [3.8, 4) is 0 Å². The van der Waals surface area contributed by atoms with Crippen LogP contribution in [0, 0.1) is 0 Å². The Labute approximate surface area is 89.9 Å². The van der Waals surface area contributed by atoms with Gasteiger partial charge < -0.3 is 5.73 Å². The Bertz CT molecular complexity index is 272. The first-order chi connectivity index (χ1) is 6.67. The van der Waals surface area contributed by atoms with Crippen LogP contribution < -0.4 is 5.73 Å². The van der Waals surface area contributed by atoms with Gasteiger partial charge in [0, 0.05) is 23.7 Å². The maximum Gasteiger partial charge on any atom is 0.107 e. The average molecular weight is 213 g/mol. The van der Waals surface area contributed by atoms with Crippen molar-refractivity contribution in [1.29, 1.82) is 0 Å². The van der Waals surface area contributed by atoms with Crippen LogP contribution in [0.4, 0.5) is 0 Å². The lowest BCUT2D eigenvalue weighted by Gasteiger charge is -2.21. The minimum atomic E-state index is 0.420. The van der Waals surface area contributed by atoms with Gasteiger partial charge in [-0.05, 0) is 20.4 Å². The summed E-state index contributed by atoms with van der Waals surface area (Å²) in [6.45, 7) is 5.89. The molecule has 2 N–H and O–H groups in total. The molecular weight excluding hydrogens is 194 g/mol. The van der Waals surface area contributed by atoms with E-state index in [-0.39, 0.29) is 0 Å². The highest BCUT2D eigenvalue weighted by Crippen LogP contribution is 2.15. The Balaban J connectivity index is 2.51. The maximum absolute atomic E-state index is 5.60. The van der Waals surface area contributed by atoms with E-state index < -0.39 is 0 Å². The highest BCUT2D eigenvalue weighted by molar-refractivity contribution is 7.11. The Kier molecular flexibility index (Phi) is 4.51. The normalized spacial score (nSPS) is 13.5. The number of aryl methyl sites for hydroxylation is 1. The predicted molar refractivity (Wildman–Crippen MR) is 61.5 cm³/mol. The molecule has 1 rings (SSSR count). The molecule has 0 saturated carbocycles. The van der Waals surface area contributed by atoms with Crippen molar-refractivity contribution in [1.82, 2.24) is 9.88 Å². The zero-order valence-electron chi connectivity index (χ0n) is 9.16. The fourth-order valence-corrected chi connectivity index (χ4v) is 2.06. The lowest BCUT2D eigenvalue weighted by Crippen LogP contribution is -2.34. The molecule has 0 saturated heterocycles. The van der Waals surface area contributed by atoms with Gasteiger partial charge >= 0.3 is 0 Å². The standard InChI is InChI=1S/C10H19N3S/c1-4-9-6-12-10(14-9)7-13(3)8(2)5-11/h6,8H,4-5,7,11H2,1-3H3. The monoisotopic (exact) mass is 213 g/mol. The molecule has 0 amide bonds. The van der Waals surface area contributed by atoms with Crippen molar-refractivity contribution < 1.29 is 0 Å². The molecule has 0 aliphatic heterocycles. The van der Waals surface area contributed by atoms with E-state index in [9.17, 15) is 0 Å². The van der Waals surface area contributed by atoms with Crippen LogP contribution in [0.3, 0.4) is 0 Å². The lowest BCUT2D eigenvalue weighted by molar-refractivity contribution is 0.254. The van der Waals surface area contributed by atoms with Crippen LogP contribution in [0.5, 0.6) is 0 Å². The lowest BCUT2D eigenvalue weighted by atomic mass is 10.3. The molecule has 1 atom stereocenters. The van der Waals surface area contributed by atoms with Crippen molar-refractivity contribution in [3.05, 3.63) is 16.1 Å². The molecule has 0 bridgehead atoms. The minimum Gasteiger partial charge on any atom is -0.329 e. The number of nitrogens with two attached hydrogens (primary N) is 1. The fraction of sp³-hybridized carbons (Fsp3) is 0.700. The number of hydrogen-bond acceptors (Lipinski definition) is 4. The molecule has 0 aliphatic rings. The van der Waals surface area contributed by atoms with Crippen LogP contribution >= 0.6 is 11.3 Å². The fourth-order valence-electron chi connectivity index (χ4n) is 1.13. The summed E-state index contributed by atoms with van der Waals surface area (Å²) < 4.78 is 0. The molecular formula is C10H19N3S. The molecule has 0 aromatic carbocycles. The second-order valence-electron chi connectivity index (χ2n) is 3.57. The van der Waals surface area contributed by atoms with Gasteiger partial charge in [-0.3, -0.25) is 4.90 Å². The van der Waals surface area contributed by atoms with E-state index >= 15 is 0 Å². The van der Waals surface area contributed by atoms with Gasteiger partial charge in [-0.2, -0.15) is 0 Å². The van der Waals surface area contributed by atoms with Crippen LogP contribution in [0.15, 0.2) is 6.20 Å². The molecule has 0 spiro atoms. The highest BCUT2D eigenvalue weighted by Gasteiger charge is 2.09. The molecule has 3 nitrogen and oxygen atoms in total. The predicted octanol–water partition coefficient (Wildman–Crippen LogP) is 1.48. The van der Waals surface area contributed by atoms with Crippen LogP contribution in [0.1, 0.15) is 23.7 Å². The Hall–Kier alpha value is -0.450. The number of hydrogen-bond donors (Lipinski definition) is 1. The van der Waals surface area contributed by atoms with Gasteiger partial charge in [0.25, 0.3) is 0 Å². The second-order valence-corrected chi connectivity index (χ2v) is 4.77. The summed E-state index contributed by atoms with van der Waals surface area (Å²) in [5.41, 5.74) is 5.60. The summed E-state index contributed by atoms with van der Waals surface area (Å²) in [5.74, 6) is 0. The zero-order valence-corrected chi connectivity index (χ0v) is 9.97. The number of nitrogens with zero attached hydrogens (tertiary/aromatic N) is 2. The molecule has 80 valence electrons. The summed E-state index contributed by atoms with van der Waals surface area (Å²) in [6, 6.07) is 0.420. The number of aromatic nitrogens is 1. The van der Waals surface area contributed by atoms with Crippen LogP contribution in [0.2, 0.25) is 0 Å². The number of rotatable bonds is 5. The van der Waals surface area contributed by atoms with Crippen LogP contribution in [0.25, 0.3) is 0 Å². The second kappa shape index (κ2) is 5.44. The summed E-state index contributed by atoms with van der Waals surface area (Å²) in [7, 11) is 2.09. The van der Waals surface area contributed by atoms with Crippen molar-refractivity contribution in [2.24, 2.45) is 5.73 Å². The van der Waals surface area contributed by atoms with Gasteiger partial charge in [-0.25, -0.2) is 4.98 Å². The number of thiazole rings is 1. The van der Waals surface area contributed by atoms with Gasteiger partial charge in [0.15, 0.2) is 0 Å². The first kappa shape index (κ1) is 11.6. The third-order valence-corrected chi connectivity index (χ3v) is 3.55. The largest absolute Gasteiger partial charge is 0.329 e. The van der Waals surface area contributed by atoms with E-state index in [1.54, 1.807) is 11.3 Å². The molecule has 1 aromatic rings. The third-order valence-electron chi connectivity index (χ3n) is 2.43. The smallest absolute Gasteiger partial charge is 0.107 e. The molecule has 0 radical (unpaired) electrons. The molecule has 4 heteroatoms. The summed E-state index contributed by atoms with van der Waals surface area (Å²) in [6.07, 6.45) is 3.05. The van der Waals surface area contributed by atoms with E-state index in [0.29, 0.717) is 12.6 Å². The van der Waals surface area contributed by atoms with Crippen molar-refractivity contribution in [2.75, 3.05) is 13.6 Å². The summed E-state index contributed by atoms with van der Waals surface area (Å²) in [5, 5.41) is 1.18. The first-order valence-corrected chi connectivity index (χ1v) is 5.82. The molecule has 1 heterocycles. The van der Waals surface area contributed by atoms with Crippen LogP contribution in [-0.2, 0) is 13.0 Å². The van der Waals surface area contributed by atoms with Gasteiger partial charge in [0.05, 0.1) is 6.54 Å². The average Bonchev–Trinajstić information content (AvgIpc) is 2.64. The Morgan fingerprint density at radius 2 is 2.36 bits per heavy atom. The summed E-state index contributed by atoms with van der Waals surface area (Å²) in [4.78, 5) is 7.97. The highest BCUT2D eigenvalue weighted by atomic mass is 32.1. The van der Waals surface area contributed by atoms with Gasteiger partial charge in [0.2, 0.25) is 0 Å². The first-order valence-electron chi connectivity index (χ1n) is 5.01. The van der Waals surface area contributed by atoms with E-state index in [1.165, 1.54) is 9.88 Å². The zero-order chi connectivity index (χ0) is 10.6. The topological polar surface area (TPSA) is 42.2 Å². The van der Waals surface area contributed by atoms with Gasteiger partial charge in [-0.15, -0.1) is 11.3 Å². The quantitative estimate of drug-likeness (QED) is 0.805. The number of likely N-dealkylation sites (N-methyl/N-ethyl adjacent to an activating group) is 1. The van der Waals surface area contributed by atoms with Crippen LogP contribution in [-0.4, -0.2) is 29.5 Å². The van der Waals surface area contributed by atoms with Crippen molar-refractivity contribution in [2.45, 2.75) is 32.9 Å². The van der Waals surface area contributed by atoms with E-state index in [0.717, 1.165) is 13.0 Å². The maximum atomic E-state index is 5.60. The van der Waals surface area contributed by atoms with E-state index in [2.05, 4.69) is 30.8 Å². The van der Waals surface area contributed by atoms with Crippen molar-refractivity contribution >= 4 is 11.3 Å². The van der Waals surface area contributed by atoms with E-state index in [4.69, 9.17) is 5.73 Å². The molecule has 1 unspecified atom stereocenters. The molecule has 1 aromatic heterocycles. The van der Waals surface area contributed by atoms with Crippen molar-refractivity contribution in [3.63, 3.8) is 0 Å². The van der Waals surface area contributed by atoms with Gasteiger partial charge in [0.1, 0.15) is 5.01 Å². The summed E-state index contributed by atoms with van der Waals surface area (Å²) >= 11 is 1.80. The molecule has 0 aliphatic carbocycles. The third kappa shape index (κ3) is 3.04. The SMILES string of the molecule is CCc1cnc(CN(C)C(C)CN)s1. The molecule has 14 heavy (non-hydrogen) atoms. The Morgan fingerprint density at radius 1 is 1.64 bits per heavy atom. The van der Waals surface area contributed by atoms with E-state index in [1.807, 2.05) is 6.20 Å². The minimum absolute atomic E-state index is 0.420. The Morgan fingerprint density at radius 3 is 2.86 bits per heavy atom. The molecule has 0 fully saturated rings. The van der Waals surface area contributed by atoms with Gasteiger partial charge in [-0.1, -0.05) is 6.92 Å².